The first-order valence-corrected chi connectivity index (χ1v) is 4.78. The lowest BCUT2D eigenvalue weighted by atomic mass is 10.2. The number of primary amides is 1. The van der Waals surface area contributed by atoms with Crippen molar-refractivity contribution in [3.8, 4) is 0 Å². The summed E-state index contributed by atoms with van der Waals surface area (Å²) in [5.74, 6) is 0.919. The number of amides is 1. The number of carbonyl (C=O) groups is 1. The van der Waals surface area contributed by atoms with Gasteiger partial charge in [-0.2, -0.15) is 0 Å². The molecule has 0 aliphatic heterocycles. The van der Waals surface area contributed by atoms with Crippen LogP contribution in [0.5, 0.6) is 0 Å². The minimum atomic E-state index is -0.469. The predicted molar refractivity (Wildman–Crippen MR) is 58.8 cm³/mol. The van der Waals surface area contributed by atoms with Crippen LogP contribution in [0.25, 0.3) is 0 Å². The Balaban J connectivity index is 2.04. The van der Waals surface area contributed by atoms with Crippen LogP contribution in [0.3, 0.4) is 0 Å². The number of pyridine rings is 1. The summed E-state index contributed by atoms with van der Waals surface area (Å²) in [6, 6.07) is 6.83. The molecular weight excluding hydrogens is 206 g/mol. The highest BCUT2D eigenvalue weighted by molar-refractivity contribution is 5.93. The summed E-state index contributed by atoms with van der Waals surface area (Å²) < 4.78 is 5.15. The first-order valence-electron chi connectivity index (χ1n) is 4.78. The fraction of sp³-hybridized carbons (Fsp3) is 0.0909. The molecule has 3 N–H and O–H groups in total. The van der Waals surface area contributed by atoms with Gasteiger partial charge < -0.3 is 15.5 Å². The van der Waals surface area contributed by atoms with Gasteiger partial charge in [0.15, 0.2) is 0 Å². The van der Waals surface area contributed by atoms with Crippen molar-refractivity contribution in [2.75, 3.05) is 5.32 Å². The normalized spacial score (nSPS) is 10.0. The van der Waals surface area contributed by atoms with Crippen LogP contribution in [0.15, 0.2) is 41.1 Å². The number of carbonyl (C=O) groups excluding carboxylic acids is 1. The van der Waals surface area contributed by atoms with Crippen molar-refractivity contribution in [2.45, 2.75) is 6.54 Å². The summed E-state index contributed by atoms with van der Waals surface area (Å²) >= 11 is 0. The van der Waals surface area contributed by atoms with Gasteiger partial charge in [-0.25, -0.2) is 4.98 Å². The molecule has 0 aromatic carbocycles. The van der Waals surface area contributed by atoms with E-state index in [1.54, 1.807) is 18.4 Å². The summed E-state index contributed by atoms with van der Waals surface area (Å²) in [5, 5.41) is 3.03. The third kappa shape index (κ3) is 2.38. The molecule has 0 unspecified atom stereocenters. The smallest absolute Gasteiger partial charge is 0.248 e. The summed E-state index contributed by atoms with van der Waals surface area (Å²) in [6.07, 6.45) is 3.13. The Morgan fingerprint density at radius 3 is 3.06 bits per heavy atom. The van der Waals surface area contributed by atoms with Crippen molar-refractivity contribution < 1.29 is 9.21 Å². The number of nitrogens with two attached hydrogens (primary N) is 1. The SMILES string of the molecule is NC(=O)c1ccnc(NCc2ccco2)c1. The molecule has 5 heteroatoms. The van der Waals surface area contributed by atoms with Gasteiger partial charge in [-0.1, -0.05) is 0 Å². The van der Waals surface area contributed by atoms with Crippen LogP contribution in [-0.4, -0.2) is 10.9 Å². The van der Waals surface area contributed by atoms with Gasteiger partial charge >= 0.3 is 0 Å². The fourth-order valence-electron chi connectivity index (χ4n) is 1.27. The van der Waals surface area contributed by atoms with E-state index in [9.17, 15) is 4.79 Å². The molecule has 0 saturated heterocycles. The van der Waals surface area contributed by atoms with E-state index in [2.05, 4.69) is 10.3 Å². The largest absolute Gasteiger partial charge is 0.467 e. The second-order valence-electron chi connectivity index (χ2n) is 3.23. The molecule has 0 aliphatic carbocycles. The van der Waals surface area contributed by atoms with Crippen molar-refractivity contribution >= 4 is 11.7 Å². The molecule has 0 saturated carbocycles. The van der Waals surface area contributed by atoms with Crippen molar-refractivity contribution in [2.24, 2.45) is 5.73 Å². The fourth-order valence-corrected chi connectivity index (χ4v) is 1.27. The van der Waals surface area contributed by atoms with E-state index in [4.69, 9.17) is 10.2 Å². The monoisotopic (exact) mass is 217 g/mol. The number of aromatic nitrogens is 1. The van der Waals surface area contributed by atoms with Crippen molar-refractivity contribution in [3.05, 3.63) is 48.0 Å². The third-order valence-electron chi connectivity index (χ3n) is 2.07. The van der Waals surface area contributed by atoms with Crippen LogP contribution in [0.4, 0.5) is 5.82 Å². The topological polar surface area (TPSA) is 81.2 Å². The van der Waals surface area contributed by atoms with Crippen LogP contribution in [0.1, 0.15) is 16.1 Å². The number of rotatable bonds is 4. The average molecular weight is 217 g/mol. The number of hydrogen-bond acceptors (Lipinski definition) is 4. The molecule has 1 amide bonds. The molecule has 0 aliphatic rings. The second-order valence-corrected chi connectivity index (χ2v) is 3.23. The second kappa shape index (κ2) is 4.48. The molecule has 2 aromatic heterocycles. The first kappa shape index (κ1) is 10.2. The number of nitrogens with zero attached hydrogens (tertiary/aromatic N) is 1. The zero-order valence-corrected chi connectivity index (χ0v) is 8.51. The van der Waals surface area contributed by atoms with Crippen LogP contribution in [0.2, 0.25) is 0 Å². The maximum atomic E-state index is 10.9. The van der Waals surface area contributed by atoms with E-state index in [1.807, 2.05) is 12.1 Å². The quantitative estimate of drug-likeness (QED) is 0.810. The lowest BCUT2D eigenvalue weighted by molar-refractivity contribution is 0.1000. The highest BCUT2D eigenvalue weighted by Crippen LogP contribution is 2.08. The Labute approximate surface area is 92.3 Å². The third-order valence-corrected chi connectivity index (χ3v) is 2.07. The van der Waals surface area contributed by atoms with Gasteiger partial charge in [-0.15, -0.1) is 0 Å². The Morgan fingerprint density at radius 2 is 2.38 bits per heavy atom. The molecule has 2 rings (SSSR count). The van der Waals surface area contributed by atoms with E-state index in [1.165, 1.54) is 6.20 Å². The lowest BCUT2D eigenvalue weighted by Gasteiger charge is -2.04. The lowest BCUT2D eigenvalue weighted by Crippen LogP contribution is -2.11. The molecule has 16 heavy (non-hydrogen) atoms. The molecule has 2 heterocycles. The van der Waals surface area contributed by atoms with Gasteiger partial charge in [0.2, 0.25) is 5.91 Å². The maximum Gasteiger partial charge on any atom is 0.248 e. The van der Waals surface area contributed by atoms with Gasteiger partial charge in [-0.05, 0) is 24.3 Å². The number of nitrogens with one attached hydrogen (secondary N) is 1. The van der Waals surface area contributed by atoms with Gasteiger partial charge in [0.05, 0.1) is 12.8 Å². The van der Waals surface area contributed by atoms with Crippen molar-refractivity contribution in [1.82, 2.24) is 4.98 Å². The van der Waals surface area contributed by atoms with E-state index < -0.39 is 5.91 Å². The Morgan fingerprint density at radius 1 is 1.50 bits per heavy atom. The first-order chi connectivity index (χ1) is 7.75. The van der Waals surface area contributed by atoms with Crippen LogP contribution >= 0.6 is 0 Å². The maximum absolute atomic E-state index is 10.9. The molecular formula is C11H11N3O2. The van der Waals surface area contributed by atoms with Gasteiger partial charge in [-0.3, -0.25) is 4.79 Å². The Bertz CT molecular complexity index is 480. The highest BCUT2D eigenvalue weighted by atomic mass is 16.3. The summed E-state index contributed by atoms with van der Waals surface area (Å²) in [4.78, 5) is 15.0. The average Bonchev–Trinajstić information content (AvgIpc) is 2.79. The molecule has 0 fully saturated rings. The summed E-state index contributed by atoms with van der Waals surface area (Å²) in [6.45, 7) is 0.516. The summed E-state index contributed by atoms with van der Waals surface area (Å²) in [7, 11) is 0. The minimum absolute atomic E-state index is 0.428. The molecule has 0 atom stereocenters. The van der Waals surface area contributed by atoms with Gasteiger partial charge in [0.1, 0.15) is 11.6 Å². The molecule has 0 bridgehead atoms. The van der Waals surface area contributed by atoms with Gasteiger partial charge in [0, 0.05) is 11.8 Å². The molecule has 5 nitrogen and oxygen atoms in total. The van der Waals surface area contributed by atoms with Crippen molar-refractivity contribution in [3.63, 3.8) is 0 Å². The van der Waals surface area contributed by atoms with Gasteiger partial charge in [0.25, 0.3) is 0 Å². The number of hydrogen-bond donors (Lipinski definition) is 2. The van der Waals surface area contributed by atoms with E-state index in [0.29, 0.717) is 17.9 Å². The van der Waals surface area contributed by atoms with E-state index in [-0.39, 0.29) is 0 Å². The standard InChI is InChI=1S/C11H11N3O2/c12-11(15)8-3-4-13-10(6-8)14-7-9-2-1-5-16-9/h1-6H,7H2,(H2,12,15)(H,13,14). The molecule has 0 radical (unpaired) electrons. The Hall–Kier alpha value is -2.30. The summed E-state index contributed by atoms with van der Waals surface area (Å²) in [5.41, 5.74) is 5.59. The van der Waals surface area contributed by atoms with E-state index in [0.717, 1.165) is 5.76 Å². The van der Waals surface area contributed by atoms with Crippen molar-refractivity contribution in [1.29, 1.82) is 0 Å². The molecule has 0 spiro atoms. The number of furan rings is 1. The zero-order chi connectivity index (χ0) is 11.4. The zero-order valence-electron chi connectivity index (χ0n) is 8.51. The molecule has 82 valence electrons. The minimum Gasteiger partial charge on any atom is -0.467 e. The highest BCUT2D eigenvalue weighted by Gasteiger charge is 2.02. The van der Waals surface area contributed by atoms with E-state index >= 15 is 0 Å². The number of anilines is 1. The van der Waals surface area contributed by atoms with Crippen LogP contribution < -0.4 is 11.1 Å². The van der Waals surface area contributed by atoms with Crippen LogP contribution in [-0.2, 0) is 6.54 Å². The van der Waals surface area contributed by atoms with Crippen LogP contribution in [0, 0.1) is 0 Å². The molecule has 2 aromatic rings. The Kier molecular flexibility index (Phi) is 2.86. The predicted octanol–water partition coefficient (Wildman–Crippen LogP) is 1.39.